The van der Waals surface area contributed by atoms with E-state index in [4.69, 9.17) is 0 Å². The standard InChI is InChI=1S/C19H23N/c1-2-20-19(16-9-4-3-5-10-16)18-13-12-15-8-6-7-11-17(15)14-18/h3-5,9-10,12-14,19-20H,2,6-8,11H2,1H3. The molecule has 1 atom stereocenters. The SMILES string of the molecule is CCNC(c1ccccc1)c1ccc2c(c1)CCCC2. The zero-order valence-corrected chi connectivity index (χ0v) is 12.2. The Morgan fingerprint density at radius 2 is 1.65 bits per heavy atom. The molecule has 0 aliphatic heterocycles. The van der Waals surface area contributed by atoms with E-state index in [1.165, 1.54) is 36.8 Å². The lowest BCUT2D eigenvalue weighted by atomic mass is 9.88. The normalized spacial score (nSPS) is 15.7. The van der Waals surface area contributed by atoms with Crippen molar-refractivity contribution in [1.82, 2.24) is 5.32 Å². The Balaban J connectivity index is 1.95. The first-order chi connectivity index (χ1) is 9.88. The first-order valence-electron chi connectivity index (χ1n) is 7.78. The Kier molecular flexibility index (Phi) is 4.17. The summed E-state index contributed by atoms with van der Waals surface area (Å²) in [4.78, 5) is 0. The average Bonchev–Trinajstić information content (AvgIpc) is 2.53. The third kappa shape index (κ3) is 2.78. The smallest absolute Gasteiger partial charge is 0.0576 e. The molecule has 20 heavy (non-hydrogen) atoms. The van der Waals surface area contributed by atoms with Crippen molar-refractivity contribution >= 4 is 0 Å². The van der Waals surface area contributed by atoms with Gasteiger partial charge in [-0.15, -0.1) is 0 Å². The number of fused-ring (bicyclic) bond motifs is 1. The minimum absolute atomic E-state index is 0.313. The minimum Gasteiger partial charge on any atom is -0.307 e. The monoisotopic (exact) mass is 265 g/mol. The summed E-state index contributed by atoms with van der Waals surface area (Å²) in [6.45, 7) is 3.16. The maximum absolute atomic E-state index is 3.62. The van der Waals surface area contributed by atoms with Crippen LogP contribution in [0.3, 0.4) is 0 Å². The van der Waals surface area contributed by atoms with Crippen molar-refractivity contribution in [1.29, 1.82) is 0 Å². The van der Waals surface area contributed by atoms with Crippen LogP contribution in [0.4, 0.5) is 0 Å². The number of hydrogen-bond acceptors (Lipinski definition) is 1. The Labute approximate surface area is 122 Å². The van der Waals surface area contributed by atoms with E-state index in [0.717, 1.165) is 6.54 Å². The fourth-order valence-electron chi connectivity index (χ4n) is 3.21. The highest BCUT2D eigenvalue weighted by atomic mass is 14.9. The molecule has 0 saturated heterocycles. The van der Waals surface area contributed by atoms with Crippen LogP contribution in [0.5, 0.6) is 0 Å². The molecule has 0 amide bonds. The zero-order chi connectivity index (χ0) is 13.8. The Bertz CT molecular complexity index is 559. The fourth-order valence-corrected chi connectivity index (χ4v) is 3.21. The van der Waals surface area contributed by atoms with Gasteiger partial charge in [0.25, 0.3) is 0 Å². The summed E-state index contributed by atoms with van der Waals surface area (Å²) in [5.74, 6) is 0. The maximum atomic E-state index is 3.62. The number of aryl methyl sites for hydroxylation is 2. The molecule has 1 heteroatoms. The van der Waals surface area contributed by atoms with Crippen molar-refractivity contribution in [2.24, 2.45) is 0 Å². The average molecular weight is 265 g/mol. The van der Waals surface area contributed by atoms with Gasteiger partial charge >= 0.3 is 0 Å². The molecular weight excluding hydrogens is 242 g/mol. The van der Waals surface area contributed by atoms with Crippen molar-refractivity contribution in [3.63, 3.8) is 0 Å². The van der Waals surface area contributed by atoms with E-state index in [0.29, 0.717) is 6.04 Å². The van der Waals surface area contributed by atoms with E-state index >= 15 is 0 Å². The molecule has 2 aromatic rings. The van der Waals surface area contributed by atoms with Gasteiger partial charge in [-0.2, -0.15) is 0 Å². The van der Waals surface area contributed by atoms with Gasteiger partial charge in [-0.3, -0.25) is 0 Å². The highest BCUT2D eigenvalue weighted by molar-refractivity contribution is 5.39. The molecule has 1 unspecified atom stereocenters. The quantitative estimate of drug-likeness (QED) is 0.870. The summed E-state index contributed by atoms with van der Waals surface area (Å²) in [7, 11) is 0. The van der Waals surface area contributed by atoms with Crippen LogP contribution in [-0.2, 0) is 12.8 Å². The van der Waals surface area contributed by atoms with Crippen LogP contribution in [0.15, 0.2) is 48.5 Å². The second kappa shape index (κ2) is 6.23. The van der Waals surface area contributed by atoms with Gasteiger partial charge in [0.15, 0.2) is 0 Å². The molecule has 1 nitrogen and oxygen atoms in total. The van der Waals surface area contributed by atoms with Crippen molar-refractivity contribution in [2.75, 3.05) is 6.54 Å². The third-order valence-corrected chi connectivity index (χ3v) is 4.25. The van der Waals surface area contributed by atoms with Crippen molar-refractivity contribution < 1.29 is 0 Å². The third-order valence-electron chi connectivity index (χ3n) is 4.25. The molecule has 1 N–H and O–H groups in total. The molecule has 0 spiro atoms. The van der Waals surface area contributed by atoms with Crippen LogP contribution < -0.4 is 5.32 Å². The summed E-state index contributed by atoms with van der Waals surface area (Å²) >= 11 is 0. The Morgan fingerprint density at radius 1 is 0.900 bits per heavy atom. The molecule has 1 aliphatic rings. The molecule has 104 valence electrons. The molecule has 0 saturated carbocycles. The van der Waals surface area contributed by atoms with Gasteiger partial charge in [0.1, 0.15) is 0 Å². The largest absolute Gasteiger partial charge is 0.307 e. The predicted molar refractivity (Wildman–Crippen MR) is 85.0 cm³/mol. The predicted octanol–water partition coefficient (Wildman–Crippen LogP) is 4.26. The highest BCUT2D eigenvalue weighted by Crippen LogP contribution is 2.27. The molecule has 2 aromatic carbocycles. The minimum atomic E-state index is 0.313. The molecule has 0 radical (unpaired) electrons. The lowest BCUT2D eigenvalue weighted by Crippen LogP contribution is -2.22. The van der Waals surface area contributed by atoms with Crippen LogP contribution in [0.1, 0.15) is 48.1 Å². The molecule has 1 aliphatic carbocycles. The van der Waals surface area contributed by atoms with Gasteiger partial charge in [-0.05, 0) is 54.5 Å². The van der Waals surface area contributed by atoms with E-state index in [9.17, 15) is 0 Å². The first-order valence-corrected chi connectivity index (χ1v) is 7.78. The van der Waals surface area contributed by atoms with Gasteiger partial charge < -0.3 is 5.32 Å². The number of rotatable bonds is 4. The van der Waals surface area contributed by atoms with Crippen LogP contribution in [0.2, 0.25) is 0 Å². The van der Waals surface area contributed by atoms with Crippen molar-refractivity contribution in [3.8, 4) is 0 Å². The molecule has 0 heterocycles. The maximum Gasteiger partial charge on any atom is 0.0576 e. The van der Waals surface area contributed by atoms with Gasteiger partial charge in [-0.1, -0.05) is 55.5 Å². The summed E-state index contributed by atoms with van der Waals surface area (Å²) < 4.78 is 0. The van der Waals surface area contributed by atoms with Crippen LogP contribution in [-0.4, -0.2) is 6.54 Å². The number of hydrogen-bond donors (Lipinski definition) is 1. The van der Waals surface area contributed by atoms with E-state index < -0.39 is 0 Å². The zero-order valence-electron chi connectivity index (χ0n) is 12.2. The molecule has 0 aromatic heterocycles. The second-order valence-electron chi connectivity index (χ2n) is 5.64. The van der Waals surface area contributed by atoms with E-state index in [-0.39, 0.29) is 0 Å². The number of benzene rings is 2. The molecule has 0 bridgehead atoms. The van der Waals surface area contributed by atoms with Crippen molar-refractivity contribution in [2.45, 2.75) is 38.6 Å². The topological polar surface area (TPSA) is 12.0 Å². The highest BCUT2D eigenvalue weighted by Gasteiger charge is 2.16. The van der Waals surface area contributed by atoms with Crippen LogP contribution in [0, 0.1) is 0 Å². The van der Waals surface area contributed by atoms with E-state index in [1.807, 2.05) is 0 Å². The van der Waals surface area contributed by atoms with Gasteiger partial charge in [0.2, 0.25) is 0 Å². The van der Waals surface area contributed by atoms with Crippen LogP contribution >= 0.6 is 0 Å². The number of nitrogens with one attached hydrogen (secondary N) is 1. The Morgan fingerprint density at radius 3 is 2.40 bits per heavy atom. The van der Waals surface area contributed by atoms with Gasteiger partial charge in [0.05, 0.1) is 6.04 Å². The molecular formula is C19H23N. The summed E-state index contributed by atoms with van der Waals surface area (Å²) in [5.41, 5.74) is 5.87. The second-order valence-corrected chi connectivity index (χ2v) is 5.64. The summed E-state index contributed by atoms with van der Waals surface area (Å²) in [6.07, 6.45) is 5.19. The molecule has 3 rings (SSSR count). The van der Waals surface area contributed by atoms with Gasteiger partial charge in [0, 0.05) is 0 Å². The lowest BCUT2D eigenvalue weighted by Gasteiger charge is -2.22. The molecule has 0 fully saturated rings. The van der Waals surface area contributed by atoms with Crippen molar-refractivity contribution in [3.05, 3.63) is 70.8 Å². The lowest BCUT2D eigenvalue weighted by molar-refractivity contribution is 0.625. The van der Waals surface area contributed by atoms with Gasteiger partial charge in [-0.25, -0.2) is 0 Å². The fraction of sp³-hybridized carbons (Fsp3) is 0.368. The summed E-state index contributed by atoms with van der Waals surface area (Å²) in [6, 6.07) is 18.2. The summed E-state index contributed by atoms with van der Waals surface area (Å²) in [5, 5.41) is 3.62. The van der Waals surface area contributed by atoms with E-state index in [1.54, 1.807) is 11.1 Å². The van der Waals surface area contributed by atoms with E-state index in [2.05, 4.69) is 60.8 Å². The van der Waals surface area contributed by atoms with Crippen LogP contribution in [0.25, 0.3) is 0 Å². The Hall–Kier alpha value is -1.60. The first kappa shape index (κ1) is 13.4.